The van der Waals surface area contributed by atoms with E-state index >= 15 is 0 Å². The van der Waals surface area contributed by atoms with Crippen molar-refractivity contribution in [3.8, 4) is 23.0 Å². The van der Waals surface area contributed by atoms with Gasteiger partial charge in [-0.25, -0.2) is 0 Å². The zero-order chi connectivity index (χ0) is 17.5. The van der Waals surface area contributed by atoms with Crippen molar-refractivity contribution in [1.29, 1.82) is 0 Å². The summed E-state index contributed by atoms with van der Waals surface area (Å²) in [6.45, 7) is 2.59. The Kier molecular flexibility index (Phi) is 3.80. The highest BCUT2D eigenvalue weighted by molar-refractivity contribution is 5.79. The lowest BCUT2D eigenvalue weighted by Crippen LogP contribution is -2.33. The van der Waals surface area contributed by atoms with Gasteiger partial charge in [0.05, 0.1) is 5.56 Å². The monoisotopic (exact) mass is 355 g/mol. The van der Waals surface area contributed by atoms with Gasteiger partial charge in [-0.2, -0.15) is 4.98 Å². The van der Waals surface area contributed by atoms with Crippen LogP contribution in [0.15, 0.2) is 22.7 Å². The molecular weight excluding hydrogens is 334 g/mol. The Bertz CT molecular complexity index is 830. The molecule has 1 aromatic heterocycles. The number of carbonyl (C=O) groups excluding carboxylic acids is 1. The molecule has 26 heavy (non-hydrogen) atoms. The quantitative estimate of drug-likeness (QED) is 0.839. The number of para-hydroxylation sites is 1. The maximum absolute atomic E-state index is 12.3. The molecule has 1 saturated heterocycles. The van der Waals surface area contributed by atoms with Gasteiger partial charge in [-0.3, -0.25) is 4.79 Å². The first-order valence-electron chi connectivity index (χ1n) is 9.28. The van der Waals surface area contributed by atoms with Crippen LogP contribution in [0.25, 0.3) is 11.5 Å². The SMILES string of the molecule is O=C1C[C@H](c2noc(-c3cccc4c3OCCO4)n2)CN1CC1CCC1. The predicted molar refractivity (Wildman–Crippen MR) is 92.0 cm³/mol. The first-order valence-corrected chi connectivity index (χ1v) is 9.28. The fourth-order valence-electron chi connectivity index (χ4n) is 3.86. The van der Waals surface area contributed by atoms with Crippen molar-refractivity contribution in [1.82, 2.24) is 15.0 Å². The van der Waals surface area contributed by atoms with E-state index in [9.17, 15) is 4.79 Å². The van der Waals surface area contributed by atoms with Gasteiger partial charge in [-0.05, 0) is 30.9 Å². The summed E-state index contributed by atoms with van der Waals surface area (Å²) in [6, 6.07) is 5.63. The van der Waals surface area contributed by atoms with E-state index in [1.807, 2.05) is 23.1 Å². The molecule has 3 aliphatic rings. The smallest absolute Gasteiger partial charge is 0.261 e. The van der Waals surface area contributed by atoms with Gasteiger partial charge in [-0.1, -0.05) is 17.6 Å². The molecule has 7 nitrogen and oxygen atoms in total. The van der Waals surface area contributed by atoms with Gasteiger partial charge in [0.25, 0.3) is 5.89 Å². The molecule has 0 unspecified atom stereocenters. The van der Waals surface area contributed by atoms with Crippen LogP contribution in [0.3, 0.4) is 0 Å². The molecule has 1 atom stereocenters. The summed E-state index contributed by atoms with van der Waals surface area (Å²) in [7, 11) is 0. The van der Waals surface area contributed by atoms with Crippen LogP contribution in [-0.2, 0) is 4.79 Å². The molecule has 2 aromatic rings. The molecule has 2 aliphatic heterocycles. The van der Waals surface area contributed by atoms with Crippen LogP contribution in [0.1, 0.15) is 37.4 Å². The predicted octanol–water partition coefficient (Wildman–Crippen LogP) is 2.62. The van der Waals surface area contributed by atoms with Gasteiger partial charge in [0.15, 0.2) is 17.3 Å². The van der Waals surface area contributed by atoms with Gasteiger partial charge < -0.3 is 18.9 Å². The molecule has 5 rings (SSSR count). The van der Waals surface area contributed by atoms with Crippen LogP contribution in [0.4, 0.5) is 0 Å². The first-order chi connectivity index (χ1) is 12.8. The summed E-state index contributed by atoms with van der Waals surface area (Å²) in [5.41, 5.74) is 0.733. The Morgan fingerprint density at radius 1 is 1.19 bits per heavy atom. The average Bonchev–Trinajstić information content (AvgIpc) is 3.25. The van der Waals surface area contributed by atoms with Gasteiger partial charge >= 0.3 is 0 Å². The zero-order valence-electron chi connectivity index (χ0n) is 14.5. The minimum absolute atomic E-state index is 0.00298. The molecule has 2 fully saturated rings. The highest BCUT2D eigenvalue weighted by Crippen LogP contribution is 2.40. The standard InChI is InChI=1S/C19H21N3O4/c23-16-9-13(11-22(16)10-12-3-1-4-12)18-20-19(26-21-18)14-5-2-6-15-17(14)25-8-7-24-15/h2,5-6,12-13H,1,3-4,7-11H2/t13-/m0/s1. The minimum Gasteiger partial charge on any atom is -0.486 e. The lowest BCUT2D eigenvalue weighted by atomic mass is 9.85. The Hall–Kier alpha value is -2.57. The number of amides is 1. The third-order valence-corrected chi connectivity index (χ3v) is 5.52. The largest absolute Gasteiger partial charge is 0.486 e. The molecular formula is C19H21N3O4. The maximum Gasteiger partial charge on any atom is 0.261 e. The second-order valence-electron chi connectivity index (χ2n) is 7.28. The van der Waals surface area contributed by atoms with Crippen molar-refractivity contribution in [2.24, 2.45) is 5.92 Å². The van der Waals surface area contributed by atoms with Crippen molar-refractivity contribution < 1.29 is 18.8 Å². The van der Waals surface area contributed by atoms with Crippen LogP contribution < -0.4 is 9.47 Å². The molecule has 7 heteroatoms. The van der Waals surface area contributed by atoms with Crippen LogP contribution in [0.5, 0.6) is 11.5 Å². The summed E-state index contributed by atoms with van der Waals surface area (Å²) in [5.74, 6) is 3.20. The van der Waals surface area contributed by atoms with Gasteiger partial charge in [0.2, 0.25) is 5.91 Å². The van der Waals surface area contributed by atoms with Crippen molar-refractivity contribution >= 4 is 5.91 Å². The summed E-state index contributed by atoms with van der Waals surface area (Å²) in [4.78, 5) is 18.8. The molecule has 1 saturated carbocycles. The van der Waals surface area contributed by atoms with Crippen LogP contribution in [0, 0.1) is 5.92 Å². The number of ether oxygens (including phenoxy) is 2. The Morgan fingerprint density at radius 3 is 2.92 bits per heavy atom. The normalized spacial score (nSPS) is 22.5. The van der Waals surface area contributed by atoms with Gasteiger partial charge in [0, 0.05) is 25.4 Å². The molecule has 1 aromatic carbocycles. The molecule has 1 amide bonds. The number of nitrogens with zero attached hydrogens (tertiary/aromatic N) is 3. The Morgan fingerprint density at radius 2 is 2.08 bits per heavy atom. The van der Waals surface area contributed by atoms with E-state index in [4.69, 9.17) is 14.0 Å². The average molecular weight is 355 g/mol. The third-order valence-electron chi connectivity index (χ3n) is 5.52. The van der Waals surface area contributed by atoms with E-state index in [2.05, 4.69) is 10.1 Å². The van der Waals surface area contributed by atoms with Crippen molar-refractivity contribution in [3.05, 3.63) is 24.0 Å². The van der Waals surface area contributed by atoms with E-state index in [0.29, 0.717) is 55.3 Å². The number of hydrogen-bond acceptors (Lipinski definition) is 6. The lowest BCUT2D eigenvalue weighted by molar-refractivity contribution is -0.128. The fraction of sp³-hybridized carbons (Fsp3) is 0.526. The molecule has 1 aliphatic carbocycles. The van der Waals surface area contributed by atoms with Gasteiger partial charge in [0.1, 0.15) is 13.2 Å². The molecule has 0 N–H and O–H groups in total. The van der Waals surface area contributed by atoms with Crippen LogP contribution >= 0.6 is 0 Å². The van der Waals surface area contributed by atoms with Crippen molar-refractivity contribution in [3.63, 3.8) is 0 Å². The van der Waals surface area contributed by atoms with E-state index in [-0.39, 0.29) is 11.8 Å². The topological polar surface area (TPSA) is 77.7 Å². The summed E-state index contributed by atoms with van der Waals surface area (Å²) >= 11 is 0. The van der Waals surface area contributed by atoms with E-state index in [0.717, 1.165) is 12.1 Å². The number of aromatic nitrogens is 2. The van der Waals surface area contributed by atoms with Crippen molar-refractivity contribution in [2.75, 3.05) is 26.3 Å². The number of hydrogen-bond donors (Lipinski definition) is 0. The maximum atomic E-state index is 12.3. The Labute approximate surface area is 151 Å². The lowest BCUT2D eigenvalue weighted by Gasteiger charge is -2.30. The number of likely N-dealkylation sites (tertiary alicyclic amines) is 1. The summed E-state index contributed by atoms with van der Waals surface area (Å²) in [6.07, 6.45) is 4.22. The second-order valence-corrected chi connectivity index (χ2v) is 7.28. The number of carbonyl (C=O) groups is 1. The minimum atomic E-state index is -0.00298. The molecule has 3 heterocycles. The van der Waals surface area contributed by atoms with E-state index in [1.165, 1.54) is 19.3 Å². The molecule has 0 spiro atoms. The highest BCUT2D eigenvalue weighted by Gasteiger charge is 2.36. The molecule has 0 bridgehead atoms. The van der Waals surface area contributed by atoms with Gasteiger partial charge in [-0.15, -0.1) is 0 Å². The fourth-order valence-corrected chi connectivity index (χ4v) is 3.86. The van der Waals surface area contributed by atoms with Crippen LogP contribution in [0.2, 0.25) is 0 Å². The Balaban J connectivity index is 1.35. The molecule has 136 valence electrons. The van der Waals surface area contributed by atoms with Crippen LogP contribution in [-0.4, -0.2) is 47.3 Å². The highest BCUT2D eigenvalue weighted by atomic mass is 16.6. The van der Waals surface area contributed by atoms with E-state index < -0.39 is 0 Å². The summed E-state index contributed by atoms with van der Waals surface area (Å²) < 4.78 is 16.8. The second kappa shape index (κ2) is 6.30. The number of benzene rings is 1. The number of rotatable bonds is 4. The number of fused-ring (bicyclic) bond motifs is 1. The zero-order valence-corrected chi connectivity index (χ0v) is 14.5. The summed E-state index contributed by atoms with van der Waals surface area (Å²) in [5, 5.41) is 4.14. The van der Waals surface area contributed by atoms with E-state index in [1.54, 1.807) is 0 Å². The molecule has 0 radical (unpaired) electrons. The third kappa shape index (κ3) is 2.71. The van der Waals surface area contributed by atoms with Crippen molar-refractivity contribution in [2.45, 2.75) is 31.6 Å². The first kappa shape index (κ1) is 15.7.